The maximum atomic E-state index is 14.2. The van der Waals surface area contributed by atoms with Crippen LogP contribution in [-0.2, 0) is 33.4 Å². The molecule has 0 aliphatic rings. The zero-order valence-electron chi connectivity index (χ0n) is 25.5. The van der Waals surface area contributed by atoms with Crippen LogP contribution in [0.5, 0.6) is 5.75 Å². The Kier molecular flexibility index (Phi) is 10.9. The van der Waals surface area contributed by atoms with Gasteiger partial charge in [-0.15, -0.1) is 0 Å². The molecule has 0 bridgehead atoms. The summed E-state index contributed by atoms with van der Waals surface area (Å²) in [5.41, 5.74) is 2.97. The van der Waals surface area contributed by atoms with E-state index in [4.69, 9.17) is 4.74 Å². The van der Waals surface area contributed by atoms with Gasteiger partial charge in [-0.2, -0.15) is 0 Å². The van der Waals surface area contributed by atoms with Gasteiger partial charge in [-0.1, -0.05) is 97.1 Å². The summed E-state index contributed by atoms with van der Waals surface area (Å²) in [4.78, 5) is 53.8. The Balaban J connectivity index is 1.39. The summed E-state index contributed by atoms with van der Waals surface area (Å²) < 4.78 is 19.6. The maximum absolute atomic E-state index is 14.2. The smallest absolute Gasteiger partial charge is 0.413 e. The predicted octanol–water partition coefficient (Wildman–Crippen LogP) is 5.77. The number of carboxylic acids is 1. The molecule has 1 unspecified atom stereocenters. The number of nitrogens with one attached hydrogen (secondary N) is 3. The third-order valence-corrected chi connectivity index (χ3v) is 10.1. The molecule has 5 aromatic rings. The summed E-state index contributed by atoms with van der Waals surface area (Å²) in [5.74, 6) is -4.05. The number of aromatic nitrogens is 1. The molecule has 242 valence electrons. The van der Waals surface area contributed by atoms with Crippen molar-refractivity contribution in [3.05, 3.63) is 138 Å². The Labute approximate surface area is 272 Å². The van der Waals surface area contributed by atoms with Crippen LogP contribution in [-0.4, -0.2) is 50.9 Å². The number of aliphatic carboxylic acids is 1. The van der Waals surface area contributed by atoms with Crippen molar-refractivity contribution in [1.29, 1.82) is 0 Å². The fourth-order valence-electron chi connectivity index (χ4n) is 5.48. The Hall–Kier alpha value is -5.18. The second kappa shape index (κ2) is 15.4. The Morgan fingerprint density at radius 3 is 1.96 bits per heavy atom. The molecule has 11 heteroatoms. The van der Waals surface area contributed by atoms with Crippen molar-refractivity contribution in [2.24, 2.45) is 5.92 Å². The van der Waals surface area contributed by atoms with Crippen LogP contribution in [0.15, 0.2) is 121 Å². The molecule has 0 saturated heterocycles. The molecule has 47 heavy (non-hydrogen) atoms. The van der Waals surface area contributed by atoms with Crippen molar-refractivity contribution in [2.75, 3.05) is 6.16 Å². The number of H-pyrrole nitrogens is 1. The van der Waals surface area contributed by atoms with Crippen molar-refractivity contribution in [1.82, 2.24) is 15.6 Å². The SMILES string of the molecule is O=C(N[C@@H](Cc1ccccc1)P(=O)(O)C[C@H](Cc1ccccc1)C(=O)N[C@@H](Cc1c[nH]c2ccccc12)C(=O)O)Oc1ccccc1. The van der Waals surface area contributed by atoms with E-state index in [-0.39, 0.29) is 25.0 Å². The lowest BCUT2D eigenvalue weighted by atomic mass is 9.99. The molecular weight excluding hydrogens is 617 g/mol. The monoisotopic (exact) mass is 653 g/mol. The molecule has 5 N–H and O–H groups in total. The molecule has 1 heterocycles. The van der Waals surface area contributed by atoms with Gasteiger partial charge in [0.15, 0.2) is 0 Å². The average Bonchev–Trinajstić information content (AvgIpc) is 3.47. The molecule has 2 amide bonds. The molecule has 10 nitrogen and oxygen atoms in total. The van der Waals surface area contributed by atoms with Crippen LogP contribution in [0.4, 0.5) is 4.79 Å². The number of carboxylic acid groups (broad SMARTS) is 1. The highest BCUT2D eigenvalue weighted by molar-refractivity contribution is 7.58. The number of hydrogen-bond acceptors (Lipinski definition) is 5. The molecule has 0 saturated carbocycles. The Morgan fingerprint density at radius 2 is 1.32 bits per heavy atom. The molecule has 4 aromatic carbocycles. The molecular formula is C36H36N3O7P. The minimum atomic E-state index is -4.36. The summed E-state index contributed by atoms with van der Waals surface area (Å²) in [5, 5.41) is 16.1. The first kappa shape index (κ1) is 33.2. The molecule has 0 aliphatic heterocycles. The highest BCUT2D eigenvalue weighted by Gasteiger charge is 2.38. The number of carbonyl (C=O) groups excluding carboxylic acids is 2. The number of carbonyl (C=O) groups is 3. The summed E-state index contributed by atoms with van der Waals surface area (Å²) in [6.45, 7) is 0. The summed E-state index contributed by atoms with van der Waals surface area (Å²) in [6.07, 6.45) is 0.351. The van der Waals surface area contributed by atoms with Gasteiger partial charge in [-0.05, 0) is 41.3 Å². The van der Waals surface area contributed by atoms with Crippen molar-refractivity contribution >= 4 is 36.2 Å². The normalized spacial score (nSPS) is 14.3. The lowest BCUT2D eigenvalue weighted by Gasteiger charge is -2.28. The van der Waals surface area contributed by atoms with Gasteiger partial charge in [-0.3, -0.25) is 9.36 Å². The van der Waals surface area contributed by atoms with Crippen LogP contribution >= 0.6 is 7.37 Å². The van der Waals surface area contributed by atoms with E-state index in [2.05, 4.69) is 15.6 Å². The number of benzene rings is 4. The first-order valence-corrected chi connectivity index (χ1v) is 17.1. The highest BCUT2D eigenvalue weighted by atomic mass is 31.2. The van der Waals surface area contributed by atoms with Crippen LogP contribution in [0.2, 0.25) is 0 Å². The van der Waals surface area contributed by atoms with Gasteiger partial charge in [0, 0.05) is 36.1 Å². The van der Waals surface area contributed by atoms with Crippen LogP contribution in [0.1, 0.15) is 16.7 Å². The fourth-order valence-corrected chi connectivity index (χ4v) is 7.47. The third kappa shape index (κ3) is 9.19. The lowest BCUT2D eigenvalue weighted by Crippen LogP contribution is -2.47. The number of amides is 2. The quantitative estimate of drug-likeness (QED) is 0.0953. The molecule has 0 fully saturated rings. The van der Waals surface area contributed by atoms with Crippen molar-refractivity contribution < 1.29 is 33.7 Å². The second-order valence-electron chi connectivity index (χ2n) is 11.3. The molecule has 0 aliphatic carbocycles. The summed E-state index contributed by atoms with van der Waals surface area (Å²) in [6, 6.07) is 32.4. The van der Waals surface area contributed by atoms with Gasteiger partial charge >= 0.3 is 12.1 Å². The van der Waals surface area contributed by atoms with E-state index in [9.17, 15) is 28.9 Å². The second-order valence-corrected chi connectivity index (χ2v) is 13.8. The maximum Gasteiger partial charge on any atom is 0.413 e. The van der Waals surface area contributed by atoms with Crippen molar-refractivity contribution in [3.8, 4) is 5.75 Å². The summed E-state index contributed by atoms with van der Waals surface area (Å²) >= 11 is 0. The van der Waals surface area contributed by atoms with Gasteiger partial charge in [0.2, 0.25) is 13.3 Å². The summed E-state index contributed by atoms with van der Waals surface area (Å²) in [7, 11) is -4.36. The largest absolute Gasteiger partial charge is 0.480 e. The lowest BCUT2D eigenvalue weighted by molar-refractivity contribution is -0.142. The van der Waals surface area contributed by atoms with Crippen LogP contribution < -0.4 is 15.4 Å². The van der Waals surface area contributed by atoms with Crippen LogP contribution in [0.25, 0.3) is 10.9 Å². The minimum Gasteiger partial charge on any atom is -0.480 e. The minimum absolute atomic E-state index is 0.00342. The van der Waals surface area contributed by atoms with Crippen LogP contribution in [0.3, 0.4) is 0 Å². The fraction of sp³-hybridized carbons (Fsp3) is 0.194. The molecule has 4 atom stereocenters. The van der Waals surface area contributed by atoms with E-state index >= 15 is 0 Å². The number of rotatable bonds is 14. The van der Waals surface area contributed by atoms with E-state index in [1.165, 1.54) is 0 Å². The topological polar surface area (TPSA) is 158 Å². The molecule has 0 radical (unpaired) electrons. The molecule has 5 rings (SSSR count). The number of ether oxygens (including phenoxy) is 1. The number of para-hydroxylation sites is 2. The van der Waals surface area contributed by atoms with E-state index in [1.54, 1.807) is 85.1 Å². The third-order valence-electron chi connectivity index (χ3n) is 7.89. The van der Waals surface area contributed by atoms with E-state index in [0.29, 0.717) is 11.1 Å². The zero-order valence-corrected chi connectivity index (χ0v) is 26.4. The van der Waals surface area contributed by atoms with Crippen LogP contribution in [0, 0.1) is 5.92 Å². The van der Waals surface area contributed by atoms with Gasteiger partial charge < -0.3 is 30.4 Å². The first-order valence-electron chi connectivity index (χ1n) is 15.2. The Morgan fingerprint density at radius 1 is 0.745 bits per heavy atom. The standard InChI is InChI=1S/C36H36N3O7P/c40-34(38-32(35(41)42)22-27-23-37-31-19-11-10-18-30(27)31)28(20-25-12-4-1-5-13-25)24-47(44,45)33(21-26-14-6-2-7-15-26)39-36(43)46-29-16-8-3-9-17-29/h1-19,23,28,32-33,37H,20-22,24H2,(H,38,40)(H,39,43)(H,41,42)(H,44,45)/t28-,32-,33+/m0/s1. The van der Waals surface area contributed by atoms with Crippen molar-refractivity contribution in [3.63, 3.8) is 0 Å². The zero-order chi connectivity index (χ0) is 33.2. The number of fused-ring (bicyclic) bond motifs is 1. The average molecular weight is 654 g/mol. The Bertz CT molecular complexity index is 1850. The van der Waals surface area contributed by atoms with Gasteiger partial charge in [0.05, 0.1) is 5.92 Å². The van der Waals surface area contributed by atoms with Crippen molar-refractivity contribution in [2.45, 2.75) is 31.1 Å². The predicted molar refractivity (Wildman–Crippen MR) is 179 cm³/mol. The molecule has 0 spiro atoms. The number of hydrogen-bond donors (Lipinski definition) is 5. The number of aromatic amines is 1. The molecule has 1 aromatic heterocycles. The van der Waals surface area contributed by atoms with E-state index < -0.39 is 49.2 Å². The van der Waals surface area contributed by atoms with E-state index in [1.807, 2.05) is 36.4 Å². The van der Waals surface area contributed by atoms with Gasteiger partial charge in [-0.25, -0.2) is 9.59 Å². The van der Waals surface area contributed by atoms with E-state index in [0.717, 1.165) is 16.5 Å². The first-order chi connectivity index (χ1) is 22.7. The highest BCUT2D eigenvalue weighted by Crippen LogP contribution is 2.48. The van der Waals surface area contributed by atoms with Gasteiger partial charge in [0.25, 0.3) is 0 Å². The van der Waals surface area contributed by atoms with Gasteiger partial charge in [0.1, 0.15) is 17.6 Å².